The molecule has 1 aromatic carbocycles. The number of carbonyl (C=O) groups is 2. The van der Waals surface area contributed by atoms with E-state index in [0.717, 1.165) is 6.42 Å². The van der Waals surface area contributed by atoms with Crippen molar-refractivity contribution >= 4 is 11.7 Å². The zero-order valence-corrected chi connectivity index (χ0v) is 9.49. The van der Waals surface area contributed by atoms with E-state index in [1.54, 1.807) is 17.0 Å². The van der Waals surface area contributed by atoms with Gasteiger partial charge in [0.05, 0.1) is 13.0 Å². The van der Waals surface area contributed by atoms with Gasteiger partial charge < -0.3 is 4.90 Å². The lowest BCUT2D eigenvalue weighted by atomic mass is 10.1. The molecule has 1 aliphatic rings. The van der Waals surface area contributed by atoms with Crippen molar-refractivity contribution in [3.8, 4) is 0 Å². The second-order valence-corrected chi connectivity index (χ2v) is 4.26. The first kappa shape index (κ1) is 11.8. The fourth-order valence-corrected chi connectivity index (χ4v) is 1.98. The minimum atomic E-state index is -0.343. The second kappa shape index (κ2) is 5.08. The van der Waals surface area contributed by atoms with Crippen molar-refractivity contribution in [2.24, 2.45) is 0 Å². The molecule has 1 aliphatic heterocycles. The predicted octanol–water partition coefficient (Wildman–Crippen LogP) is 1.56. The summed E-state index contributed by atoms with van der Waals surface area (Å²) in [6.45, 7) is 0.827. The predicted molar refractivity (Wildman–Crippen MR) is 60.9 cm³/mol. The summed E-state index contributed by atoms with van der Waals surface area (Å²) in [5, 5.41) is 0. The summed E-state index contributed by atoms with van der Waals surface area (Å²) in [5.41, 5.74) is 0.646. The fourth-order valence-electron chi connectivity index (χ4n) is 1.98. The zero-order chi connectivity index (χ0) is 12.3. The molecule has 0 saturated carbocycles. The summed E-state index contributed by atoms with van der Waals surface area (Å²) in [7, 11) is 0. The Balaban J connectivity index is 1.99. The maximum Gasteiger partial charge on any atom is 0.227 e. The molecule has 0 aliphatic carbocycles. The van der Waals surface area contributed by atoms with E-state index < -0.39 is 0 Å². The van der Waals surface area contributed by atoms with Crippen molar-refractivity contribution < 1.29 is 14.0 Å². The van der Waals surface area contributed by atoms with Gasteiger partial charge in [0.1, 0.15) is 5.82 Å². The number of ketones is 1. The first-order chi connectivity index (χ1) is 8.15. The molecule has 1 fully saturated rings. The fraction of sp³-hybridized carbons (Fsp3) is 0.385. The molecule has 1 heterocycles. The third kappa shape index (κ3) is 3.12. The third-order valence-electron chi connectivity index (χ3n) is 2.85. The average molecular weight is 235 g/mol. The SMILES string of the molecule is O=C1CCCN(C(=O)Cc2cccc(F)c2)C1. The molecular formula is C13H14FNO2. The van der Waals surface area contributed by atoms with Gasteiger partial charge in [-0.05, 0) is 24.1 Å². The van der Waals surface area contributed by atoms with Crippen LogP contribution >= 0.6 is 0 Å². The van der Waals surface area contributed by atoms with Crippen LogP contribution in [-0.4, -0.2) is 29.7 Å². The molecule has 90 valence electrons. The molecule has 1 amide bonds. The molecule has 0 spiro atoms. The van der Waals surface area contributed by atoms with Crippen LogP contribution in [0.2, 0.25) is 0 Å². The van der Waals surface area contributed by atoms with Gasteiger partial charge in [0.15, 0.2) is 5.78 Å². The molecule has 4 heteroatoms. The Labute approximate surface area is 99.2 Å². The highest BCUT2D eigenvalue weighted by atomic mass is 19.1. The lowest BCUT2D eigenvalue weighted by Gasteiger charge is -2.25. The number of carbonyl (C=O) groups excluding carboxylic acids is 2. The van der Waals surface area contributed by atoms with Crippen molar-refractivity contribution in [3.63, 3.8) is 0 Å². The summed E-state index contributed by atoms with van der Waals surface area (Å²) >= 11 is 0. The van der Waals surface area contributed by atoms with Crippen LogP contribution in [0.25, 0.3) is 0 Å². The molecule has 1 saturated heterocycles. The van der Waals surface area contributed by atoms with Crippen LogP contribution in [0.4, 0.5) is 4.39 Å². The van der Waals surface area contributed by atoms with Crippen molar-refractivity contribution in [3.05, 3.63) is 35.6 Å². The Morgan fingerprint density at radius 2 is 2.24 bits per heavy atom. The highest BCUT2D eigenvalue weighted by Gasteiger charge is 2.21. The molecule has 0 N–H and O–H groups in total. The van der Waals surface area contributed by atoms with E-state index in [2.05, 4.69) is 0 Å². The first-order valence-corrected chi connectivity index (χ1v) is 5.69. The Morgan fingerprint density at radius 3 is 2.94 bits per heavy atom. The number of nitrogens with zero attached hydrogens (tertiary/aromatic N) is 1. The van der Waals surface area contributed by atoms with Crippen molar-refractivity contribution in [1.82, 2.24) is 4.90 Å². The number of halogens is 1. The Bertz CT molecular complexity index is 445. The van der Waals surface area contributed by atoms with Crippen LogP contribution in [0.1, 0.15) is 18.4 Å². The second-order valence-electron chi connectivity index (χ2n) is 4.26. The Morgan fingerprint density at radius 1 is 1.41 bits per heavy atom. The lowest BCUT2D eigenvalue weighted by Crippen LogP contribution is -2.40. The summed E-state index contributed by atoms with van der Waals surface area (Å²) in [4.78, 5) is 24.7. The van der Waals surface area contributed by atoms with Crippen molar-refractivity contribution in [2.45, 2.75) is 19.3 Å². The molecule has 0 atom stereocenters. The van der Waals surface area contributed by atoms with Gasteiger partial charge in [-0.15, -0.1) is 0 Å². The van der Waals surface area contributed by atoms with Crippen molar-refractivity contribution in [1.29, 1.82) is 0 Å². The number of hydrogen-bond acceptors (Lipinski definition) is 2. The van der Waals surface area contributed by atoms with E-state index in [9.17, 15) is 14.0 Å². The van der Waals surface area contributed by atoms with Crippen LogP contribution in [-0.2, 0) is 16.0 Å². The molecule has 2 rings (SSSR count). The van der Waals surface area contributed by atoms with Gasteiger partial charge in [-0.2, -0.15) is 0 Å². The highest BCUT2D eigenvalue weighted by molar-refractivity contribution is 5.88. The van der Waals surface area contributed by atoms with Crippen LogP contribution in [0, 0.1) is 5.82 Å². The number of amides is 1. The lowest BCUT2D eigenvalue weighted by molar-refractivity contribution is -0.137. The van der Waals surface area contributed by atoms with E-state index in [4.69, 9.17) is 0 Å². The van der Waals surface area contributed by atoms with E-state index >= 15 is 0 Å². The Hall–Kier alpha value is -1.71. The number of piperidine rings is 1. The minimum Gasteiger partial charge on any atom is -0.335 e. The third-order valence-corrected chi connectivity index (χ3v) is 2.85. The largest absolute Gasteiger partial charge is 0.335 e. The zero-order valence-electron chi connectivity index (χ0n) is 9.49. The molecule has 3 nitrogen and oxygen atoms in total. The standard InChI is InChI=1S/C13H14FNO2/c14-11-4-1-3-10(7-11)8-13(17)15-6-2-5-12(16)9-15/h1,3-4,7H,2,5-6,8-9H2. The monoisotopic (exact) mass is 235 g/mol. The maximum absolute atomic E-state index is 12.9. The van der Waals surface area contributed by atoms with Gasteiger partial charge in [0.25, 0.3) is 0 Å². The molecule has 0 bridgehead atoms. The van der Waals surface area contributed by atoms with Crippen LogP contribution in [0.5, 0.6) is 0 Å². The Kier molecular flexibility index (Phi) is 3.52. The highest BCUT2D eigenvalue weighted by Crippen LogP contribution is 2.10. The summed E-state index contributed by atoms with van der Waals surface area (Å²) in [6.07, 6.45) is 1.45. The minimum absolute atomic E-state index is 0.101. The number of rotatable bonds is 2. The number of benzene rings is 1. The maximum atomic E-state index is 12.9. The molecular weight excluding hydrogens is 221 g/mol. The topological polar surface area (TPSA) is 37.4 Å². The van der Waals surface area contributed by atoms with E-state index in [-0.39, 0.29) is 30.5 Å². The van der Waals surface area contributed by atoms with Gasteiger partial charge in [-0.3, -0.25) is 9.59 Å². The smallest absolute Gasteiger partial charge is 0.227 e. The first-order valence-electron chi connectivity index (χ1n) is 5.69. The summed E-state index contributed by atoms with van der Waals surface area (Å²) < 4.78 is 12.9. The quantitative estimate of drug-likeness (QED) is 0.780. The summed E-state index contributed by atoms with van der Waals surface area (Å²) in [5.74, 6) is -0.350. The normalized spacial score (nSPS) is 16.1. The van der Waals surface area contributed by atoms with Crippen LogP contribution in [0.15, 0.2) is 24.3 Å². The van der Waals surface area contributed by atoms with Gasteiger partial charge in [0, 0.05) is 13.0 Å². The van der Waals surface area contributed by atoms with Gasteiger partial charge in [0.2, 0.25) is 5.91 Å². The van der Waals surface area contributed by atoms with E-state index in [1.807, 2.05) is 0 Å². The number of Topliss-reactive ketones (excluding diaryl/α,β-unsaturated/α-hetero) is 1. The number of likely N-dealkylation sites (tertiary alicyclic amines) is 1. The number of hydrogen-bond donors (Lipinski definition) is 0. The van der Waals surface area contributed by atoms with Crippen LogP contribution in [0.3, 0.4) is 0 Å². The molecule has 0 unspecified atom stereocenters. The molecule has 17 heavy (non-hydrogen) atoms. The molecule has 0 radical (unpaired) electrons. The van der Waals surface area contributed by atoms with Gasteiger partial charge in [-0.25, -0.2) is 4.39 Å². The van der Waals surface area contributed by atoms with Crippen molar-refractivity contribution in [2.75, 3.05) is 13.1 Å². The van der Waals surface area contributed by atoms with Gasteiger partial charge in [-0.1, -0.05) is 12.1 Å². The molecule has 0 aromatic heterocycles. The van der Waals surface area contributed by atoms with E-state index in [1.165, 1.54) is 12.1 Å². The van der Waals surface area contributed by atoms with Crippen LogP contribution < -0.4 is 0 Å². The average Bonchev–Trinajstić information content (AvgIpc) is 2.29. The van der Waals surface area contributed by atoms with E-state index in [0.29, 0.717) is 18.5 Å². The molecule has 1 aromatic rings. The summed E-state index contributed by atoms with van der Waals surface area (Å²) in [6, 6.07) is 5.99. The van der Waals surface area contributed by atoms with Gasteiger partial charge >= 0.3 is 0 Å².